The molecule has 0 bridgehead atoms. The van der Waals surface area contributed by atoms with E-state index in [0.717, 1.165) is 5.57 Å². The Morgan fingerprint density at radius 1 is 1.19 bits per heavy atom. The largest absolute Gasteiger partial charge is 0.497 e. The van der Waals surface area contributed by atoms with Gasteiger partial charge in [-0.15, -0.1) is 0 Å². The highest BCUT2D eigenvalue weighted by molar-refractivity contribution is 6.11. The maximum absolute atomic E-state index is 12.9. The van der Waals surface area contributed by atoms with E-state index in [1.54, 1.807) is 55.6 Å². The zero-order valence-corrected chi connectivity index (χ0v) is 14.9. The number of ketones is 1. The summed E-state index contributed by atoms with van der Waals surface area (Å²) in [6, 6.07) is 13.6. The lowest BCUT2D eigenvalue weighted by atomic mass is 9.88. The number of nitrogens with zero attached hydrogens (tertiary/aromatic N) is 1. The summed E-state index contributed by atoms with van der Waals surface area (Å²) in [5.41, 5.74) is 0.406. The minimum absolute atomic E-state index is 0.300. The second-order valence-corrected chi connectivity index (χ2v) is 6.55. The number of fused-ring (bicyclic) bond motifs is 1. The van der Waals surface area contributed by atoms with Crippen LogP contribution < -0.4 is 9.64 Å². The topological polar surface area (TPSA) is 66.8 Å². The Bertz CT molecular complexity index is 872. The van der Waals surface area contributed by atoms with Crippen LogP contribution in [-0.2, 0) is 10.4 Å². The first-order valence-electron chi connectivity index (χ1n) is 8.32. The van der Waals surface area contributed by atoms with Crippen LogP contribution in [-0.4, -0.2) is 30.5 Å². The van der Waals surface area contributed by atoms with Crippen molar-refractivity contribution in [1.29, 1.82) is 0 Å². The predicted octanol–water partition coefficient (Wildman–Crippen LogP) is 3.08. The van der Waals surface area contributed by atoms with Gasteiger partial charge < -0.3 is 14.7 Å². The summed E-state index contributed by atoms with van der Waals surface area (Å²) in [6.07, 6.45) is -0.318. The number of methoxy groups -OCH3 is 1. The van der Waals surface area contributed by atoms with Gasteiger partial charge in [0.1, 0.15) is 5.75 Å². The predicted molar refractivity (Wildman–Crippen MR) is 99.4 cm³/mol. The lowest BCUT2D eigenvalue weighted by Crippen LogP contribution is -2.42. The van der Waals surface area contributed by atoms with E-state index < -0.39 is 11.5 Å². The van der Waals surface area contributed by atoms with Crippen molar-refractivity contribution < 1.29 is 19.4 Å². The summed E-state index contributed by atoms with van der Waals surface area (Å²) in [4.78, 5) is 27.1. The van der Waals surface area contributed by atoms with Gasteiger partial charge in [0.25, 0.3) is 5.91 Å². The molecule has 2 aromatic carbocycles. The number of hydrogen-bond donors (Lipinski definition) is 1. The molecule has 0 aliphatic carbocycles. The van der Waals surface area contributed by atoms with E-state index in [-0.39, 0.29) is 12.2 Å². The summed E-state index contributed by atoms with van der Waals surface area (Å²) in [6.45, 7) is 5.96. The molecule has 26 heavy (non-hydrogen) atoms. The van der Waals surface area contributed by atoms with E-state index >= 15 is 0 Å². The first-order chi connectivity index (χ1) is 12.4. The molecule has 0 saturated carbocycles. The summed E-state index contributed by atoms with van der Waals surface area (Å²) in [5.74, 6) is -0.172. The van der Waals surface area contributed by atoms with Crippen molar-refractivity contribution in [2.24, 2.45) is 0 Å². The summed E-state index contributed by atoms with van der Waals surface area (Å²) >= 11 is 0. The fourth-order valence-corrected chi connectivity index (χ4v) is 3.22. The molecule has 134 valence electrons. The van der Waals surface area contributed by atoms with Gasteiger partial charge in [-0.25, -0.2) is 0 Å². The highest BCUT2D eigenvalue weighted by Gasteiger charge is 2.50. The number of aliphatic hydroxyl groups is 1. The smallest absolute Gasteiger partial charge is 0.264 e. The third-order valence-corrected chi connectivity index (χ3v) is 4.50. The van der Waals surface area contributed by atoms with E-state index in [4.69, 9.17) is 4.74 Å². The zero-order valence-electron chi connectivity index (χ0n) is 14.9. The third-order valence-electron chi connectivity index (χ3n) is 4.50. The standard InChI is InChI=1S/C21H21NO4/c1-14(2)13-22-18-7-5-4-6-17(18)21(25,20(22)24)12-19(23)15-8-10-16(26-3)11-9-15/h4-11,25H,1,12-13H2,2-3H3/t21-/m1/s1. The van der Waals surface area contributed by atoms with E-state index in [0.29, 0.717) is 29.1 Å². The highest BCUT2D eigenvalue weighted by atomic mass is 16.5. The second kappa shape index (κ2) is 6.77. The number of ether oxygens (including phenoxy) is 1. The van der Waals surface area contributed by atoms with Crippen molar-refractivity contribution in [2.75, 3.05) is 18.6 Å². The maximum Gasteiger partial charge on any atom is 0.264 e. The van der Waals surface area contributed by atoms with E-state index in [1.165, 1.54) is 4.90 Å². The van der Waals surface area contributed by atoms with Gasteiger partial charge in [0.2, 0.25) is 0 Å². The minimum Gasteiger partial charge on any atom is -0.497 e. The molecule has 0 saturated heterocycles. The molecular weight excluding hydrogens is 330 g/mol. The quantitative estimate of drug-likeness (QED) is 0.642. The lowest BCUT2D eigenvalue weighted by molar-refractivity contribution is -0.135. The van der Waals surface area contributed by atoms with Crippen molar-refractivity contribution in [3.63, 3.8) is 0 Å². The van der Waals surface area contributed by atoms with E-state index in [2.05, 4.69) is 6.58 Å². The van der Waals surface area contributed by atoms with Gasteiger partial charge in [-0.3, -0.25) is 9.59 Å². The molecule has 1 heterocycles. The summed E-state index contributed by atoms with van der Waals surface area (Å²) in [7, 11) is 1.55. The molecule has 0 aromatic heterocycles. The van der Waals surface area contributed by atoms with Crippen molar-refractivity contribution in [1.82, 2.24) is 0 Å². The first kappa shape index (κ1) is 17.9. The Balaban J connectivity index is 1.93. The van der Waals surface area contributed by atoms with Crippen molar-refractivity contribution in [3.05, 3.63) is 71.8 Å². The van der Waals surface area contributed by atoms with Crippen molar-refractivity contribution in [3.8, 4) is 5.75 Å². The number of rotatable bonds is 6. The molecule has 1 N–H and O–H groups in total. The molecule has 0 radical (unpaired) electrons. The number of benzene rings is 2. The van der Waals surface area contributed by atoms with Gasteiger partial charge in [-0.1, -0.05) is 30.4 Å². The number of carbonyl (C=O) groups is 2. The Kier molecular flexibility index (Phi) is 4.66. The number of carbonyl (C=O) groups excluding carboxylic acids is 2. The molecule has 0 fully saturated rings. The molecule has 1 atom stereocenters. The molecule has 1 aliphatic rings. The molecule has 1 amide bonds. The molecular formula is C21H21NO4. The van der Waals surface area contributed by atoms with Gasteiger partial charge in [0, 0.05) is 17.7 Å². The number of hydrogen-bond acceptors (Lipinski definition) is 4. The molecule has 5 nitrogen and oxygen atoms in total. The summed E-state index contributed by atoms with van der Waals surface area (Å²) < 4.78 is 5.09. The zero-order chi connectivity index (χ0) is 18.9. The monoisotopic (exact) mass is 351 g/mol. The Labute approximate surface area is 152 Å². The Morgan fingerprint density at radius 2 is 1.85 bits per heavy atom. The third kappa shape index (κ3) is 3.02. The number of Topliss-reactive ketones (excluding diaryl/α,β-unsaturated/α-hetero) is 1. The van der Waals surface area contributed by atoms with Crippen molar-refractivity contribution >= 4 is 17.4 Å². The molecule has 0 spiro atoms. The van der Waals surface area contributed by atoms with Crippen LogP contribution in [0.25, 0.3) is 0 Å². The molecule has 2 aromatic rings. The van der Waals surface area contributed by atoms with Crippen LogP contribution in [0.3, 0.4) is 0 Å². The van der Waals surface area contributed by atoms with Crippen LogP contribution in [0.15, 0.2) is 60.7 Å². The van der Waals surface area contributed by atoms with Gasteiger partial charge in [-0.2, -0.15) is 0 Å². The van der Waals surface area contributed by atoms with Gasteiger partial charge in [-0.05, 0) is 37.3 Å². The number of amides is 1. The van der Waals surface area contributed by atoms with Gasteiger partial charge in [0.05, 0.1) is 19.2 Å². The average Bonchev–Trinajstić information content (AvgIpc) is 2.84. The van der Waals surface area contributed by atoms with Crippen LogP contribution in [0.5, 0.6) is 5.75 Å². The molecule has 0 unspecified atom stereocenters. The normalized spacial score (nSPS) is 18.6. The van der Waals surface area contributed by atoms with E-state index in [1.807, 2.05) is 6.92 Å². The van der Waals surface area contributed by atoms with Gasteiger partial charge in [0.15, 0.2) is 11.4 Å². The molecule has 3 rings (SSSR count). The Morgan fingerprint density at radius 3 is 2.46 bits per heavy atom. The molecule has 1 aliphatic heterocycles. The average molecular weight is 351 g/mol. The van der Waals surface area contributed by atoms with Crippen LogP contribution >= 0.6 is 0 Å². The van der Waals surface area contributed by atoms with Crippen LogP contribution in [0, 0.1) is 0 Å². The maximum atomic E-state index is 12.9. The number of anilines is 1. The highest BCUT2D eigenvalue weighted by Crippen LogP contribution is 2.43. The minimum atomic E-state index is -1.87. The molecule has 5 heteroatoms. The van der Waals surface area contributed by atoms with Crippen LogP contribution in [0.2, 0.25) is 0 Å². The van der Waals surface area contributed by atoms with Gasteiger partial charge >= 0.3 is 0 Å². The Hall–Kier alpha value is -2.92. The van der Waals surface area contributed by atoms with Crippen molar-refractivity contribution in [2.45, 2.75) is 18.9 Å². The first-order valence-corrected chi connectivity index (χ1v) is 8.32. The summed E-state index contributed by atoms with van der Waals surface area (Å²) in [5, 5.41) is 11.2. The fraction of sp³-hybridized carbons (Fsp3) is 0.238. The SMILES string of the molecule is C=C(C)CN1C(=O)[C@@](O)(CC(=O)c2ccc(OC)cc2)c2ccccc21. The number of para-hydroxylation sites is 1. The van der Waals surface area contributed by atoms with Crippen LogP contribution in [0.1, 0.15) is 29.3 Å². The van der Waals surface area contributed by atoms with Crippen LogP contribution in [0.4, 0.5) is 5.69 Å². The lowest BCUT2D eigenvalue weighted by Gasteiger charge is -2.23. The fourth-order valence-electron chi connectivity index (χ4n) is 3.22. The van der Waals surface area contributed by atoms with E-state index in [9.17, 15) is 14.7 Å². The second-order valence-electron chi connectivity index (χ2n) is 6.55.